The Kier molecular flexibility index (Phi) is 3.24. The summed E-state index contributed by atoms with van der Waals surface area (Å²) in [5, 5.41) is 0. The summed E-state index contributed by atoms with van der Waals surface area (Å²) < 4.78 is 4.93. The second-order valence-corrected chi connectivity index (χ2v) is 6.10. The van der Waals surface area contributed by atoms with Crippen molar-refractivity contribution >= 4 is 5.97 Å². The summed E-state index contributed by atoms with van der Waals surface area (Å²) in [5.74, 6) is 0.223. The number of allylic oxidation sites excluding steroid dienone is 2. The summed E-state index contributed by atoms with van der Waals surface area (Å²) in [5.41, 5.74) is 2.51. The van der Waals surface area contributed by atoms with E-state index < -0.39 is 5.41 Å². The number of methoxy groups -OCH3 is 1. The molecule has 0 N–H and O–H groups in total. The molecule has 0 bridgehead atoms. The third-order valence-electron chi connectivity index (χ3n) is 4.57. The molecule has 2 heteroatoms. The number of esters is 1. The van der Waals surface area contributed by atoms with Gasteiger partial charge < -0.3 is 4.74 Å². The normalized spacial score (nSPS) is 24.8. The van der Waals surface area contributed by atoms with Gasteiger partial charge in [0.05, 0.1) is 12.5 Å². The quantitative estimate of drug-likeness (QED) is 0.529. The van der Waals surface area contributed by atoms with Crippen LogP contribution in [0.5, 0.6) is 0 Å². The van der Waals surface area contributed by atoms with Crippen LogP contribution in [0.3, 0.4) is 0 Å². The van der Waals surface area contributed by atoms with Crippen molar-refractivity contribution in [1.29, 1.82) is 0 Å². The van der Waals surface area contributed by atoms with Crippen LogP contribution in [-0.2, 0) is 9.53 Å². The van der Waals surface area contributed by atoms with E-state index in [1.165, 1.54) is 18.3 Å². The molecule has 0 heterocycles. The van der Waals surface area contributed by atoms with E-state index in [4.69, 9.17) is 4.74 Å². The second kappa shape index (κ2) is 3.90. The fourth-order valence-corrected chi connectivity index (χ4v) is 3.09. The highest BCUT2D eigenvalue weighted by atomic mass is 16.5. The van der Waals surface area contributed by atoms with Crippen LogP contribution in [0.1, 0.15) is 48.0 Å². The van der Waals surface area contributed by atoms with Gasteiger partial charge in [-0.3, -0.25) is 4.79 Å². The summed E-state index contributed by atoms with van der Waals surface area (Å²) in [6, 6.07) is 0. The Morgan fingerprint density at radius 1 is 1.38 bits per heavy atom. The Balaban J connectivity index is 3.07. The number of ether oxygens (including phenoxy) is 1. The summed E-state index contributed by atoms with van der Waals surface area (Å²) in [7, 11) is 1.47. The molecule has 0 amide bonds. The molecule has 1 unspecified atom stereocenters. The van der Waals surface area contributed by atoms with E-state index in [1.807, 2.05) is 13.8 Å². The van der Waals surface area contributed by atoms with Crippen molar-refractivity contribution in [3.8, 4) is 0 Å². The lowest BCUT2D eigenvalue weighted by atomic mass is 9.64. The monoisotopic (exact) mass is 224 g/mol. The lowest BCUT2D eigenvalue weighted by Gasteiger charge is -2.39. The van der Waals surface area contributed by atoms with Gasteiger partial charge in [0.2, 0.25) is 0 Å². The molecule has 0 saturated heterocycles. The number of hydrogen-bond donors (Lipinski definition) is 0. The van der Waals surface area contributed by atoms with E-state index in [-0.39, 0.29) is 11.4 Å². The zero-order valence-corrected chi connectivity index (χ0v) is 11.6. The molecule has 0 aliphatic heterocycles. The highest BCUT2D eigenvalue weighted by Gasteiger charge is 2.49. The Bertz CT molecular complexity index is 335. The maximum absolute atomic E-state index is 11.9. The molecule has 1 atom stereocenters. The van der Waals surface area contributed by atoms with Gasteiger partial charge in [-0.15, -0.1) is 0 Å². The highest BCUT2D eigenvalue weighted by molar-refractivity contribution is 5.76. The fraction of sp³-hybridized carbons (Fsp3) is 0.786. The van der Waals surface area contributed by atoms with Crippen LogP contribution in [0.15, 0.2) is 11.1 Å². The Hall–Kier alpha value is -0.790. The largest absolute Gasteiger partial charge is 0.469 e. The van der Waals surface area contributed by atoms with Crippen molar-refractivity contribution in [3.63, 3.8) is 0 Å². The summed E-state index contributed by atoms with van der Waals surface area (Å²) >= 11 is 0. The van der Waals surface area contributed by atoms with Gasteiger partial charge in [0.25, 0.3) is 0 Å². The molecule has 0 spiro atoms. The number of rotatable bonds is 2. The molecule has 1 aliphatic carbocycles. The predicted molar refractivity (Wildman–Crippen MR) is 66.1 cm³/mol. The molecule has 1 aliphatic rings. The Morgan fingerprint density at radius 3 is 2.19 bits per heavy atom. The van der Waals surface area contributed by atoms with Gasteiger partial charge in [-0.05, 0) is 45.4 Å². The van der Waals surface area contributed by atoms with E-state index in [0.29, 0.717) is 5.92 Å². The lowest BCUT2D eigenvalue weighted by molar-refractivity contribution is -0.156. The molecule has 0 aromatic heterocycles. The van der Waals surface area contributed by atoms with Crippen LogP contribution in [0, 0.1) is 16.7 Å². The average molecular weight is 224 g/mol. The van der Waals surface area contributed by atoms with Crippen molar-refractivity contribution < 1.29 is 9.53 Å². The molecule has 16 heavy (non-hydrogen) atoms. The number of carbonyl (C=O) groups is 1. The van der Waals surface area contributed by atoms with Crippen molar-refractivity contribution in [3.05, 3.63) is 11.1 Å². The van der Waals surface area contributed by atoms with Crippen molar-refractivity contribution in [2.45, 2.75) is 48.0 Å². The molecular formula is C14H24O2. The average Bonchev–Trinajstić information content (AvgIpc) is 2.41. The smallest absolute Gasteiger partial charge is 0.311 e. The molecule has 0 aromatic carbocycles. The van der Waals surface area contributed by atoms with Gasteiger partial charge in [-0.1, -0.05) is 25.0 Å². The van der Waals surface area contributed by atoms with Crippen LogP contribution in [-0.4, -0.2) is 13.1 Å². The van der Waals surface area contributed by atoms with Gasteiger partial charge in [-0.2, -0.15) is 0 Å². The van der Waals surface area contributed by atoms with Crippen molar-refractivity contribution in [2.75, 3.05) is 7.11 Å². The summed E-state index contributed by atoms with van der Waals surface area (Å²) in [4.78, 5) is 11.9. The highest BCUT2D eigenvalue weighted by Crippen LogP contribution is 2.54. The SMILES string of the molecule is COC(=O)C(C)(C)C1CC(C)=C(C)C1(C)C. The van der Waals surface area contributed by atoms with Crippen LogP contribution in [0.25, 0.3) is 0 Å². The van der Waals surface area contributed by atoms with Gasteiger partial charge >= 0.3 is 5.97 Å². The second-order valence-electron chi connectivity index (χ2n) is 6.10. The minimum absolute atomic E-state index is 0.0851. The van der Waals surface area contributed by atoms with Crippen LogP contribution >= 0.6 is 0 Å². The minimum atomic E-state index is -0.419. The van der Waals surface area contributed by atoms with Crippen LogP contribution in [0.4, 0.5) is 0 Å². The first-order chi connectivity index (χ1) is 7.15. The third-order valence-corrected chi connectivity index (χ3v) is 4.57. The molecule has 0 fully saturated rings. The molecule has 2 nitrogen and oxygen atoms in total. The Labute approximate surface area is 99.1 Å². The van der Waals surface area contributed by atoms with Gasteiger partial charge in [0, 0.05) is 0 Å². The summed E-state index contributed by atoms with van der Waals surface area (Å²) in [6.45, 7) is 12.8. The van der Waals surface area contributed by atoms with E-state index in [2.05, 4.69) is 27.7 Å². The van der Waals surface area contributed by atoms with Gasteiger partial charge in [0.15, 0.2) is 0 Å². The molecule has 1 rings (SSSR count). The predicted octanol–water partition coefficient (Wildman–Crippen LogP) is 3.57. The van der Waals surface area contributed by atoms with Gasteiger partial charge in [0.1, 0.15) is 0 Å². The molecule has 92 valence electrons. The van der Waals surface area contributed by atoms with Crippen LogP contribution in [0.2, 0.25) is 0 Å². The van der Waals surface area contributed by atoms with Crippen molar-refractivity contribution in [2.24, 2.45) is 16.7 Å². The molecule has 0 saturated carbocycles. The zero-order chi connectivity index (χ0) is 12.7. The maximum Gasteiger partial charge on any atom is 0.311 e. The number of carbonyl (C=O) groups excluding carboxylic acids is 1. The van der Waals surface area contributed by atoms with E-state index >= 15 is 0 Å². The van der Waals surface area contributed by atoms with Crippen LogP contribution < -0.4 is 0 Å². The standard InChI is InChI=1S/C14H24O2/c1-9-8-11(13(3,4)10(9)2)14(5,6)12(15)16-7/h11H,8H2,1-7H3. The van der Waals surface area contributed by atoms with E-state index in [1.54, 1.807) is 0 Å². The van der Waals surface area contributed by atoms with Crippen molar-refractivity contribution in [1.82, 2.24) is 0 Å². The number of hydrogen-bond acceptors (Lipinski definition) is 2. The Morgan fingerprint density at radius 2 is 1.88 bits per heavy atom. The first kappa shape index (κ1) is 13.3. The van der Waals surface area contributed by atoms with E-state index in [0.717, 1.165) is 6.42 Å². The molecule has 0 aromatic rings. The lowest BCUT2D eigenvalue weighted by Crippen LogP contribution is -2.40. The van der Waals surface area contributed by atoms with E-state index in [9.17, 15) is 4.79 Å². The summed E-state index contributed by atoms with van der Waals surface area (Å²) in [6.07, 6.45) is 1.00. The van der Waals surface area contributed by atoms with Gasteiger partial charge in [-0.25, -0.2) is 0 Å². The fourth-order valence-electron chi connectivity index (χ4n) is 3.09. The third kappa shape index (κ3) is 1.79. The zero-order valence-electron chi connectivity index (χ0n) is 11.6. The maximum atomic E-state index is 11.9. The molecule has 0 radical (unpaired) electrons. The first-order valence-corrected chi connectivity index (χ1v) is 5.91. The first-order valence-electron chi connectivity index (χ1n) is 5.91. The minimum Gasteiger partial charge on any atom is -0.469 e. The molecular weight excluding hydrogens is 200 g/mol. The topological polar surface area (TPSA) is 26.3 Å².